The Kier molecular flexibility index (Phi) is 11.6. The van der Waals surface area contributed by atoms with Crippen molar-refractivity contribution < 1.29 is 22.7 Å². The van der Waals surface area contributed by atoms with Crippen molar-refractivity contribution in [3.05, 3.63) is 126 Å². The van der Waals surface area contributed by atoms with E-state index in [2.05, 4.69) is 19.2 Å². The third kappa shape index (κ3) is 8.75. The van der Waals surface area contributed by atoms with Crippen LogP contribution in [0.1, 0.15) is 50.3 Å². The summed E-state index contributed by atoms with van der Waals surface area (Å²) in [6.07, 6.45) is 0.240. The van der Waals surface area contributed by atoms with E-state index in [-0.39, 0.29) is 35.7 Å². The van der Waals surface area contributed by atoms with Gasteiger partial charge in [0.25, 0.3) is 10.0 Å². The molecule has 8 nitrogen and oxygen atoms in total. The molecule has 46 heavy (non-hydrogen) atoms. The van der Waals surface area contributed by atoms with E-state index < -0.39 is 28.5 Å². The Morgan fingerprint density at radius 1 is 0.783 bits per heavy atom. The molecule has 0 heterocycles. The summed E-state index contributed by atoms with van der Waals surface area (Å²) in [7, 11) is -2.60. The number of amides is 2. The number of carbonyl (C=O) groups excluding carboxylic acids is 2. The Hall–Kier alpha value is -4.63. The molecule has 1 N–H and O–H groups in total. The van der Waals surface area contributed by atoms with Gasteiger partial charge in [-0.05, 0) is 72.9 Å². The molecule has 2 amide bonds. The Labute approximate surface area is 273 Å². The van der Waals surface area contributed by atoms with Crippen LogP contribution < -0.4 is 14.4 Å². The van der Waals surface area contributed by atoms with E-state index in [0.717, 1.165) is 21.0 Å². The number of benzene rings is 4. The lowest BCUT2D eigenvalue weighted by Gasteiger charge is -2.34. The topological polar surface area (TPSA) is 96.0 Å². The molecule has 0 fully saturated rings. The molecule has 4 aromatic rings. The van der Waals surface area contributed by atoms with Crippen molar-refractivity contribution in [2.75, 3.05) is 18.0 Å². The summed E-state index contributed by atoms with van der Waals surface area (Å²) in [6.45, 7) is 7.39. The predicted molar refractivity (Wildman–Crippen MR) is 182 cm³/mol. The molecule has 0 radical (unpaired) electrons. The van der Waals surface area contributed by atoms with Gasteiger partial charge in [-0.25, -0.2) is 8.42 Å². The third-order valence-corrected chi connectivity index (χ3v) is 9.43. The molecule has 0 aromatic heterocycles. The van der Waals surface area contributed by atoms with Gasteiger partial charge in [0.1, 0.15) is 18.3 Å². The normalized spacial score (nSPS) is 12.1. The van der Waals surface area contributed by atoms with Crippen LogP contribution in [-0.2, 0) is 32.6 Å². The Morgan fingerprint density at radius 3 is 1.98 bits per heavy atom. The Balaban J connectivity index is 1.81. The van der Waals surface area contributed by atoms with Crippen molar-refractivity contribution in [2.45, 2.75) is 63.6 Å². The van der Waals surface area contributed by atoms with E-state index in [1.54, 1.807) is 43.5 Å². The second-order valence-electron chi connectivity index (χ2n) is 11.8. The SMILES string of the molecule is COc1cccc(CN(C(=O)CN(c2ccc(C(C)C)cc2)S(=O)(=O)c2ccccc2)C(Cc2ccccc2)C(=O)NC(C)C)c1. The number of anilines is 1. The maximum absolute atomic E-state index is 14.6. The Morgan fingerprint density at radius 2 is 1.39 bits per heavy atom. The van der Waals surface area contributed by atoms with Crippen LogP contribution in [0.3, 0.4) is 0 Å². The number of nitrogens with one attached hydrogen (secondary N) is 1. The number of sulfonamides is 1. The van der Waals surface area contributed by atoms with Crippen molar-refractivity contribution in [3.8, 4) is 5.75 Å². The van der Waals surface area contributed by atoms with Gasteiger partial charge in [0, 0.05) is 19.0 Å². The van der Waals surface area contributed by atoms with Crippen LogP contribution in [0.4, 0.5) is 5.69 Å². The summed E-state index contributed by atoms with van der Waals surface area (Å²) in [4.78, 5) is 29.9. The molecule has 242 valence electrons. The first-order chi connectivity index (χ1) is 22.0. The van der Waals surface area contributed by atoms with Crippen molar-refractivity contribution in [1.82, 2.24) is 10.2 Å². The number of ether oxygens (including phenoxy) is 1. The number of hydrogen-bond donors (Lipinski definition) is 1. The maximum atomic E-state index is 14.6. The first kappa shape index (κ1) is 34.2. The molecule has 0 bridgehead atoms. The monoisotopic (exact) mass is 641 g/mol. The van der Waals surface area contributed by atoms with Gasteiger partial charge < -0.3 is 15.0 Å². The molecular weight excluding hydrogens is 598 g/mol. The zero-order chi connectivity index (χ0) is 33.3. The molecule has 0 aliphatic carbocycles. The number of hydrogen-bond acceptors (Lipinski definition) is 5. The average molecular weight is 642 g/mol. The molecule has 0 saturated heterocycles. The first-order valence-corrected chi connectivity index (χ1v) is 16.9. The second-order valence-corrected chi connectivity index (χ2v) is 13.7. The van der Waals surface area contributed by atoms with Gasteiger partial charge in [-0.15, -0.1) is 0 Å². The van der Waals surface area contributed by atoms with Crippen LogP contribution in [0.15, 0.2) is 114 Å². The molecule has 4 rings (SSSR count). The van der Waals surface area contributed by atoms with E-state index >= 15 is 0 Å². The summed E-state index contributed by atoms with van der Waals surface area (Å²) in [5.41, 5.74) is 3.00. The third-order valence-electron chi connectivity index (χ3n) is 7.65. The van der Waals surface area contributed by atoms with Gasteiger partial charge in [0.15, 0.2) is 0 Å². The van der Waals surface area contributed by atoms with Gasteiger partial charge in [0.05, 0.1) is 17.7 Å². The minimum atomic E-state index is -4.16. The van der Waals surface area contributed by atoms with Crippen LogP contribution in [0.2, 0.25) is 0 Å². The fourth-order valence-electron chi connectivity index (χ4n) is 5.18. The molecule has 9 heteroatoms. The second kappa shape index (κ2) is 15.6. The van der Waals surface area contributed by atoms with Gasteiger partial charge in [0.2, 0.25) is 11.8 Å². The van der Waals surface area contributed by atoms with Crippen LogP contribution in [0.5, 0.6) is 5.75 Å². The first-order valence-electron chi connectivity index (χ1n) is 15.4. The number of nitrogens with zero attached hydrogens (tertiary/aromatic N) is 2. The molecule has 0 aliphatic heterocycles. The van der Waals surface area contributed by atoms with Gasteiger partial charge in [-0.3, -0.25) is 13.9 Å². The minimum absolute atomic E-state index is 0.0601. The minimum Gasteiger partial charge on any atom is -0.497 e. The highest BCUT2D eigenvalue weighted by molar-refractivity contribution is 7.92. The van der Waals surface area contributed by atoms with E-state index in [4.69, 9.17) is 4.74 Å². The van der Waals surface area contributed by atoms with Crippen LogP contribution >= 0.6 is 0 Å². The molecule has 0 aliphatic rings. The van der Waals surface area contributed by atoms with E-state index in [1.807, 2.05) is 74.5 Å². The zero-order valence-electron chi connectivity index (χ0n) is 27.1. The van der Waals surface area contributed by atoms with Crippen molar-refractivity contribution in [3.63, 3.8) is 0 Å². The largest absolute Gasteiger partial charge is 0.497 e. The fourth-order valence-corrected chi connectivity index (χ4v) is 6.61. The number of methoxy groups -OCH3 is 1. The van der Waals surface area contributed by atoms with Crippen LogP contribution in [0, 0.1) is 0 Å². The lowest BCUT2D eigenvalue weighted by Crippen LogP contribution is -2.54. The molecule has 0 spiro atoms. The molecule has 0 saturated carbocycles. The zero-order valence-corrected chi connectivity index (χ0v) is 27.9. The fraction of sp³-hybridized carbons (Fsp3) is 0.297. The number of rotatable bonds is 14. The van der Waals surface area contributed by atoms with E-state index in [9.17, 15) is 18.0 Å². The summed E-state index contributed by atoms with van der Waals surface area (Å²) >= 11 is 0. The van der Waals surface area contributed by atoms with Crippen LogP contribution in [0.25, 0.3) is 0 Å². The summed E-state index contributed by atoms with van der Waals surface area (Å²) in [5, 5.41) is 2.98. The summed E-state index contributed by atoms with van der Waals surface area (Å²) in [5.74, 6) is 0.00467. The lowest BCUT2D eigenvalue weighted by molar-refractivity contribution is -0.140. The van der Waals surface area contributed by atoms with E-state index in [0.29, 0.717) is 11.4 Å². The predicted octanol–water partition coefficient (Wildman–Crippen LogP) is 6.18. The standard InChI is InChI=1S/C37H43N3O5S/c1-27(2)31-19-21-32(22-20-31)40(46(43,44)34-17-10-7-11-18-34)26-36(41)39(25-30-15-12-16-33(23-30)45-5)35(37(42)38-28(3)4)24-29-13-8-6-9-14-29/h6-23,27-28,35H,24-26H2,1-5H3,(H,38,42). The molecular formula is C37H43N3O5S. The van der Waals surface area contributed by atoms with Gasteiger partial charge >= 0.3 is 0 Å². The van der Waals surface area contributed by atoms with Crippen molar-refractivity contribution >= 4 is 27.5 Å². The van der Waals surface area contributed by atoms with Gasteiger partial charge in [-0.1, -0.05) is 86.6 Å². The average Bonchev–Trinajstić information content (AvgIpc) is 3.05. The van der Waals surface area contributed by atoms with Crippen molar-refractivity contribution in [2.24, 2.45) is 0 Å². The lowest BCUT2D eigenvalue weighted by atomic mass is 10.0. The molecule has 4 aromatic carbocycles. The maximum Gasteiger partial charge on any atom is 0.264 e. The van der Waals surface area contributed by atoms with Crippen molar-refractivity contribution in [1.29, 1.82) is 0 Å². The Bertz CT molecular complexity index is 1690. The molecule has 1 unspecified atom stereocenters. The smallest absolute Gasteiger partial charge is 0.264 e. The summed E-state index contributed by atoms with van der Waals surface area (Å²) in [6, 6.07) is 30.9. The highest BCUT2D eigenvalue weighted by Crippen LogP contribution is 2.27. The number of carbonyl (C=O) groups is 2. The quantitative estimate of drug-likeness (QED) is 0.178. The van der Waals surface area contributed by atoms with E-state index in [1.165, 1.54) is 17.0 Å². The highest BCUT2D eigenvalue weighted by atomic mass is 32.2. The van der Waals surface area contributed by atoms with Crippen LogP contribution in [-0.4, -0.2) is 50.9 Å². The molecule has 1 atom stereocenters. The highest BCUT2D eigenvalue weighted by Gasteiger charge is 2.35. The summed E-state index contributed by atoms with van der Waals surface area (Å²) < 4.78 is 34.9. The van der Waals surface area contributed by atoms with Gasteiger partial charge in [-0.2, -0.15) is 0 Å².